The van der Waals surface area contributed by atoms with Crippen molar-refractivity contribution in [1.29, 1.82) is 0 Å². The summed E-state index contributed by atoms with van der Waals surface area (Å²) < 4.78 is 14.5. The van der Waals surface area contributed by atoms with Crippen LogP contribution in [0.25, 0.3) is 0 Å². The number of carbonyl (C=O) groups is 2. The molecule has 0 bridgehead atoms. The van der Waals surface area contributed by atoms with Crippen LogP contribution in [0.3, 0.4) is 0 Å². The molecule has 5 heteroatoms. The molecule has 1 aliphatic rings. The second-order valence-corrected chi connectivity index (χ2v) is 6.52. The average molecular weight is 347 g/mol. The maximum absolute atomic E-state index is 14.5. The van der Waals surface area contributed by atoms with Crippen molar-refractivity contribution < 1.29 is 19.1 Å². The summed E-state index contributed by atoms with van der Waals surface area (Å²) in [7, 11) is 0. The molecule has 0 unspecified atom stereocenters. The van der Waals surface area contributed by atoms with Gasteiger partial charge in [-0.15, -0.1) is 0 Å². The molecular formula is C19H16ClFO3. The Bertz CT molecular complexity index is 795. The lowest BCUT2D eigenvalue weighted by Crippen LogP contribution is -2.23. The Hall–Kier alpha value is -2.20. The van der Waals surface area contributed by atoms with E-state index >= 15 is 0 Å². The second-order valence-electron chi connectivity index (χ2n) is 6.08. The summed E-state index contributed by atoms with van der Waals surface area (Å²) in [4.78, 5) is 23.8. The Morgan fingerprint density at radius 3 is 2.38 bits per heavy atom. The van der Waals surface area contributed by atoms with Crippen molar-refractivity contribution in [1.82, 2.24) is 0 Å². The SMILES string of the molecule is O=C(O)c1cc(C(=O)C2CCC2)cc(F)c1Cc1ccc(Cl)cc1. The summed E-state index contributed by atoms with van der Waals surface area (Å²) in [5.41, 5.74) is 0.816. The Morgan fingerprint density at radius 1 is 1.17 bits per heavy atom. The molecule has 0 spiro atoms. The van der Waals surface area contributed by atoms with Crippen molar-refractivity contribution in [3.05, 3.63) is 69.5 Å². The van der Waals surface area contributed by atoms with Crippen LogP contribution in [-0.2, 0) is 6.42 Å². The van der Waals surface area contributed by atoms with Gasteiger partial charge in [0.1, 0.15) is 5.82 Å². The first-order valence-electron chi connectivity index (χ1n) is 7.80. The number of hydrogen-bond acceptors (Lipinski definition) is 2. The van der Waals surface area contributed by atoms with Crippen LogP contribution < -0.4 is 0 Å². The van der Waals surface area contributed by atoms with Gasteiger partial charge in [0.05, 0.1) is 5.56 Å². The van der Waals surface area contributed by atoms with Crippen LogP contribution in [0.4, 0.5) is 4.39 Å². The minimum atomic E-state index is -1.24. The van der Waals surface area contributed by atoms with Crippen molar-refractivity contribution in [2.45, 2.75) is 25.7 Å². The van der Waals surface area contributed by atoms with Crippen LogP contribution in [0.15, 0.2) is 36.4 Å². The third-order valence-electron chi connectivity index (χ3n) is 4.48. The fourth-order valence-corrected chi connectivity index (χ4v) is 2.99. The zero-order valence-electron chi connectivity index (χ0n) is 12.9. The number of carboxylic acid groups (broad SMARTS) is 1. The van der Waals surface area contributed by atoms with Crippen LogP contribution in [0, 0.1) is 11.7 Å². The third-order valence-corrected chi connectivity index (χ3v) is 4.73. The van der Waals surface area contributed by atoms with Gasteiger partial charge in [-0.1, -0.05) is 30.2 Å². The molecule has 0 aliphatic heterocycles. The van der Waals surface area contributed by atoms with Gasteiger partial charge in [-0.3, -0.25) is 4.79 Å². The van der Waals surface area contributed by atoms with Crippen molar-refractivity contribution in [3.63, 3.8) is 0 Å². The van der Waals surface area contributed by atoms with E-state index in [1.54, 1.807) is 24.3 Å². The highest BCUT2D eigenvalue weighted by Crippen LogP contribution is 2.31. The van der Waals surface area contributed by atoms with Gasteiger partial charge in [0.25, 0.3) is 0 Å². The molecule has 0 atom stereocenters. The van der Waals surface area contributed by atoms with E-state index in [9.17, 15) is 19.1 Å². The zero-order chi connectivity index (χ0) is 17.3. The van der Waals surface area contributed by atoms with Gasteiger partial charge < -0.3 is 5.11 Å². The van der Waals surface area contributed by atoms with Gasteiger partial charge in [-0.25, -0.2) is 9.18 Å². The summed E-state index contributed by atoms with van der Waals surface area (Å²) >= 11 is 5.83. The molecule has 124 valence electrons. The molecule has 24 heavy (non-hydrogen) atoms. The summed E-state index contributed by atoms with van der Waals surface area (Å²) in [6.45, 7) is 0. The van der Waals surface area contributed by atoms with Crippen molar-refractivity contribution >= 4 is 23.4 Å². The van der Waals surface area contributed by atoms with Crippen molar-refractivity contribution in [2.24, 2.45) is 5.92 Å². The minimum absolute atomic E-state index is 0.0787. The number of carboxylic acids is 1. The zero-order valence-corrected chi connectivity index (χ0v) is 13.6. The second kappa shape index (κ2) is 6.73. The summed E-state index contributed by atoms with van der Waals surface area (Å²) in [6.07, 6.45) is 2.69. The van der Waals surface area contributed by atoms with E-state index in [1.807, 2.05) is 0 Å². The number of hydrogen-bond donors (Lipinski definition) is 1. The molecule has 3 nitrogen and oxygen atoms in total. The topological polar surface area (TPSA) is 54.4 Å². The van der Waals surface area contributed by atoms with E-state index in [4.69, 9.17) is 11.6 Å². The molecule has 0 amide bonds. The molecule has 1 saturated carbocycles. The first kappa shape index (κ1) is 16.7. The first-order chi connectivity index (χ1) is 11.5. The predicted molar refractivity (Wildman–Crippen MR) is 89.3 cm³/mol. The van der Waals surface area contributed by atoms with Gasteiger partial charge >= 0.3 is 5.97 Å². The van der Waals surface area contributed by atoms with E-state index in [0.717, 1.165) is 24.8 Å². The molecule has 3 rings (SSSR count). The van der Waals surface area contributed by atoms with Crippen LogP contribution >= 0.6 is 11.6 Å². The lowest BCUT2D eigenvalue weighted by molar-refractivity contribution is 0.0695. The average Bonchev–Trinajstić information content (AvgIpc) is 2.49. The van der Waals surface area contributed by atoms with Crippen LogP contribution in [0.1, 0.15) is 51.1 Å². The Kier molecular flexibility index (Phi) is 4.67. The molecule has 0 saturated heterocycles. The largest absolute Gasteiger partial charge is 0.478 e. The van der Waals surface area contributed by atoms with E-state index in [-0.39, 0.29) is 34.8 Å². The lowest BCUT2D eigenvalue weighted by Gasteiger charge is -2.24. The number of ketones is 1. The molecule has 2 aromatic rings. The van der Waals surface area contributed by atoms with Crippen LogP contribution in [0.5, 0.6) is 0 Å². The summed E-state index contributed by atoms with van der Waals surface area (Å²) in [5.74, 6) is -2.16. The Morgan fingerprint density at radius 2 is 1.83 bits per heavy atom. The van der Waals surface area contributed by atoms with Gasteiger partial charge in [0.15, 0.2) is 5.78 Å². The molecule has 1 N–H and O–H groups in total. The van der Waals surface area contributed by atoms with Gasteiger partial charge in [0.2, 0.25) is 0 Å². The number of rotatable bonds is 5. The number of carbonyl (C=O) groups excluding carboxylic acids is 1. The molecular weight excluding hydrogens is 331 g/mol. The van der Waals surface area contributed by atoms with E-state index in [2.05, 4.69) is 0 Å². The molecule has 0 radical (unpaired) electrons. The molecule has 1 aliphatic carbocycles. The van der Waals surface area contributed by atoms with E-state index in [1.165, 1.54) is 12.1 Å². The van der Waals surface area contributed by atoms with Crippen molar-refractivity contribution in [2.75, 3.05) is 0 Å². The van der Waals surface area contributed by atoms with Crippen molar-refractivity contribution in [3.8, 4) is 0 Å². The smallest absolute Gasteiger partial charge is 0.336 e. The number of benzene rings is 2. The normalized spacial score (nSPS) is 14.2. The highest BCUT2D eigenvalue weighted by atomic mass is 35.5. The first-order valence-corrected chi connectivity index (χ1v) is 8.18. The van der Waals surface area contributed by atoms with E-state index in [0.29, 0.717) is 5.02 Å². The predicted octanol–water partition coefficient (Wildman–Crippen LogP) is 4.75. The Labute approximate surface area is 144 Å². The fraction of sp³-hybridized carbons (Fsp3) is 0.263. The molecule has 0 heterocycles. The highest BCUT2D eigenvalue weighted by molar-refractivity contribution is 6.30. The van der Waals surface area contributed by atoms with Gasteiger partial charge in [0, 0.05) is 28.5 Å². The molecule has 2 aromatic carbocycles. The standard InChI is InChI=1S/C19H16ClFO3/c20-14-6-4-11(5-7-14)8-15-16(19(23)24)9-13(10-17(15)21)18(22)12-2-1-3-12/h4-7,9-10,12H,1-3,8H2,(H,23,24). The quantitative estimate of drug-likeness (QED) is 0.795. The number of Topliss-reactive ketones (excluding diaryl/α,β-unsaturated/α-hetero) is 1. The van der Waals surface area contributed by atoms with Crippen LogP contribution in [0.2, 0.25) is 5.02 Å². The number of halogens is 2. The summed E-state index contributed by atoms with van der Waals surface area (Å²) in [6, 6.07) is 9.25. The minimum Gasteiger partial charge on any atom is -0.478 e. The fourth-order valence-electron chi connectivity index (χ4n) is 2.86. The lowest BCUT2D eigenvalue weighted by atomic mass is 9.79. The van der Waals surface area contributed by atoms with Gasteiger partial charge in [-0.2, -0.15) is 0 Å². The molecule has 1 fully saturated rings. The van der Waals surface area contributed by atoms with Gasteiger partial charge in [-0.05, 0) is 42.7 Å². The summed E-state index contributed by atoms with van der Waals surface area (Å²) in [5, 5.41) is 9.98. The number of aromatic carboxylic acids is 1. The Balaban J connectivity index is 1.97. The molecule has 0 aromatic heterocycles. The third kappa shape index (κ3) is 3.34. The van der Waals surface area contributed by atoms with Crippen LogP contribution in [-0.4, -0.2) is 16.9 Å². The van der Waals surface area contributed by atoms with E-state index < -0.39 is 11.8 Å². The maximum Gasteiger partial charge on any atom is 0.336 e. The highest BCUT2D eigenvalue weighted by Gasteiger charge is 2.28. The monoisotopic (exact) mass is 346 g/mol. The maximum atomic E-state index is 14.5.